The highest BCUT2D eigenvalue weighted by Crippen LogP contribution is 2.57. The lowest BCUT2D eigenvalue weighted by Gasteiger charge is -2.63. The van der Waals surface area contributed by atoms with Crippen LogP contribution in [-0.2, 0) is 24.7 Å². The average molecular weight is 427 g/mol. The monoisotopic (exact) mass is 426 g/mol. The third kappa shape index (κ3) is 2.43. The van der Waals surface area contributed by atoms with Gasteiger partial charge in [0.05, 0.1) is 11.1 Å². The van der Waals surface area contributed by atoms with Gasteiger partial charge in [-0.05, 0) is 79.5 Å². The molecule has 2 aromatic carbocycles. The molecule has 2 aliphatic carbocycles. The van der Waals surface area contributed by atoms with Crippen LogP contribution >= 0.6 is 12.4 Å². The lowest BCUT2D eigenvalue weighted by atomic mass is 9.49. The fourth-order valence-electron chi connectivity index (χ4n) is 6.25. The first-order chi connectivity index (χ1) is 13.9. The molecular formula is C24H24ClFN2O2. The average Bonchev–Trinajstić information content (AvgIpc) is 2.68. The second-order valence-corrected chi connectivity index (χ2v) is 9.08. The Kier molecular flexibility index (Phi) is 4.21. The van der Waals surface area contributed by atoms with Gasteiger partial charge in [0, 0.05) is 35.4 Å². The maximum Gasteiger partial charge on any atom is 0.123 e. The summed E-state index contributed by atoms with van der Waals surface area (Å²) < 4.78 is 13.7. The molecule has 0 saturated carbocycles. The van der Waals surface area contributed by atoms with Gasteiger partial charge in [-0.25, -0.2) is 4.39 Å². The van der Waals surface area contributed by atoms with E-state index in [9.17, 15) is 14.6 Å². The van der Waals surface area contributed by atoms with Crippen molar-refractivity contribution in [1.29, 1.82) is 0 Å². The van der Waals surface area contributed by atoms with Crippen LogP contribution < -0.4 is 0 Å². The van der Waals surface area contributed by atoms with Gasteiger partial charge >= 0.3 is 0 Å². The van der Waals surface area contributed by atoms with E-state index in [4.69, 9.17) is 4.98 Å². The van der Waals surface area contributed by atoms with Crippen LogP contribution in [0.15, 0.2) is 42.5 Å². The Morgan fingerprint density at radius 2 is 1.93 bits per heavy atom. The largest absolute Gasteiger partial charge is 0.508 e. The smallest absolute Gasteiger partial charge is 0.123 e. The van der Waals surface area contributed by atoms with E-state index >= 15 is 0 Å². The number of aliphatic hydroxyl groups is 1. The summed E-state index contributed by atoms with van der Waals surface area (Å²) in [5.74, 6) is -0.0329. The van der Waals surface area contributed by atoms with Crippen molar-refractivity contribution in [3.05, 3.63) is 70.7 Å². The zero-order chi connectivity index (χ0) is 20.0. The van der Waals surface area contributed by atoms with Gasteiger partial charge < -0.3 is 15.1 Å². The van der Waals surface area contributed by atoms with Crippen molar-refractivity contribution in [2.75, 3.05) is 13.6 Å². The number of phenolic OH excluding ortho intramolecular Hbond substituents is 1. The lowest BCUT2D eigenvalue weighted by molar-refractivity contribution is -0.145. The van der Waals surface area contributed by atoms with Gasteiger partial charge in [0.15, 0.2) is 0 Å². The molecule has 3 aromatic rings. The third-order valence-electron chi connectivity index (χ3n) is 7.70. The molecule has 4 nitrogen and oxygen atoms in total. The number of hydrogen-bond acceptors (Lipinski definition) is 4. The third-order valence-corrected chi connectivity index (χ3v) is 7.70. The molecule has 2 N–H and O–H groups in total. The van der Waals surface area contributed by atoms with Gasteiger partial charge in [-0.1, -0.05) is 6.07 Å². The summed E-state index contributed by atoms with van der Waals surface area (Å²) >= 11 is 0. The fourth-order valence-corrected chi connectivity index (χ4v) is 6.25. The van der Waals surface area contributed by atoms with Crippen LogP contribution in [0.25, 0.3) is 10.9 Å². The van der Waals surface area contributed by atoms with Gasteiger partial charge in [-0.15, -0.1) is 12.4 Å². The van der Waals surface area contributed by atoms with Crippen LogP contribution in [0.4, 0.5) is 4.39 Å². The van der Waals surface area contributed by atoms with E-state index in [0.717, 1.165) is 47.1 Å². The number of nitrogens with zero attached hydrogens (tertiary/aromatic N) is 2. The number of aromatic nitrogens is 1. The highest BCUT2D eigenvalue weighted by atomic mass is 35.5. The molecule has 3 aliphatic rings. The highest BCUT2D eigenvalue weighted by Gasteiger charge is 2.64. The van der Waals surface area contributed by atoms with Crippen LogP contribution in [0.3, 0.4) is 0 Å². The van der Waals surface area contributed by atoms with Crippen LogP contribution in [0.1, 0.15) is 28.8 Å². The van der Waals surface area contributed by atoms with Crippen LogP contribution in [0.2, 0.25) is 0 Å². The minimum atomic E-state index is -0.948. The summed E-state index contributed by atoms with van der Waals surface area (Å²) in [5, 5.41) is 23.2. The molecule has 0 radical (unpaired) electrons. The molecule has 0 spiro atoms. The van der Waals surface area contributed by atoms with Crippen molar-refractivity contribution < 1.29 is 14.6 Å². The van der Waals surface area contributed by atoms with E-state index in [-0.39, 0.29) is 30.0 Å². The second-order valence-electron chi connectivity index (χ2n) is 9.08. The fraction of sp³-hybridized carbons (Fsp3) is 0.375. The van der Waals surface area contributed by atoms with E-state index in [1.165, 1.54) is 17.7 Å². The molecule has 0 amide bonds. The summed E-state index contributed by atoms with van der Waals surface area (Å²) in [5.41, 5.74) is 3.62. The molecule has 30 heavy (non-hydrogen) atoms. The molecule has 2 heterocycles. The minimum Gasteiger partial charge on any atom is -0.508 e. The Labute approximate surface area is 180 Å². The lowest BCUT2D eigenvalue weighted by Crippen LogP contribution is -2.73. The van der Waals surface area contributed by atoms with E-state index in [1.807, 2.05) is 18.2 Å². The Bertz CT molecular complexity index is 1190. The number of rotatable bonds is 0. The molecule has 1 aromatic heterocycles. The van der Waals surface area contributed by atoms with Crippen LogP contribution in [-0.4, -0.2) is 45.3 Å². The van der Waals surface area contributed by atoms with Crippen LogP contribution in [0, 0.1) is 5.82 Å². The van der Waals surface area contributed by atoms with Gasteiger partial charge in [-0.2, -0.15) is 0 Å². The van der Waals surface area contributed by atoms with Crippen LogP contribution in [0.5, 0.6) is 5.75 Å². The normalized spacial score (nSPS) is 29.5. The van der Waals surface area contributed by atoms with Crippen molar-refractivity contribution >= 4 is 23.3 Å². The number of piperidine rings is 1. The van der Waals surface area contributed by atoms with E-state index in [0.29, 0.717) is 12.8 Å². The number of likely N-dealkylation sites (N-methyl/N-ethyl adjacent to an activating group) is 1. The summed E-state index contributed by atoms with van der Waals surface area (Å²) in [4.78, 5) is 7.15. The molecule has 1 saturated heterocycles. The van der Waals surface area contributed by atoms with Crippen molar-refractivity contribution in [3.8, 4) is 5.75 Å². The van der Waals surface area contributed by atoms with Gasteiger partial charge in [-0.3, -0.25) is 4.98 Å². The Hall–Kier alpha value is -2.21. The molecule has 1 fully saturated rings. The number of likely N-dealkylation sites (tertiary alicyclic amines) is 1. The SMILES string of the molecule is CN1CC[C@]23Cc4nc5ccc(F)cc5cc4C[C@@]2(O)[C@H]1Cc1ccc(O)cc13.Cl. The van der Waals surface area contributed by atoms with Gasteiger partial charge in [0.2, 0.25) is 0 Å². The van der Waals surface area contributed by atoms with Gasteiger partial charge in [0.25, 0.3) is 0 Å². The van der Waals surface area contributed by atoms with Crippen molar-refractivity contribution in [3.63, 3.8) is 0 Å². The summed E-state index contributed by atoms with van der Waals surface area (Å²) in [6.07, 6.45) is 2.70. The molecule has 3 atom stereocenters. The van der Waals surface area contributed by atoms with Crippen molar-refractivity contribution in [2.45, 2.75) is 42.7 Å². The number of fused-ring (bicyclic) bond motifs is 3. The van der Waals surface area contributed by atoms with E-state index in [1.54, 1.807) is 12.1 Å². The summed E-state index contributed by atoms with van der Waals surface area (Å²) in [6.45, 7) is 0.899. The summed E-state index contributed by atoms with van der Waals surface area (Å²) in [7, 11) is 2.08. The van der Waals surface area contributed by atoms with E-state index < -0.39 is 11.0 Å². The maximum atomic E-state index is 13.7. The molecule has 1 aliphatic heterocycles. The quantitative estimate of drug-likeness (QED) is 0.577. The highest BCUT2D eigenvalue weighted by molar-refractivity contribution is 5.85. The van der Waals surface area contributed by atoms with Crippen molar-refractivity contribution in [2.24, 2.45) is 0 Å². The van der Waals surface area contributed by atoms with E-state index in [2.05, 4.69) is 11.9 Å². The zero-order valence-electron chi connectivity index (χ0n) is 16.7. The predicted molar refractivity (Wildman–Crippen MR) is 116 cm³/mol. The number of hydrogen-bond donors (Lipinski definition) is 2. The molecular weight excluding hydrogens is 403 g/mol. The zero-order valence-corrected chi connectivity index (χ0v) is 17.5. The molecule has 156 valence electrons. The predicted octanol–water partition coefficient (Wildman–Crippen LogP) is 3.53. The standard InChI is InChI=1S/C24H23FN2O2.ClH/c1-27-7-6-23-13-21-16(8-15-9-17(25)3-5-20(15)26-21)12-24(23,29)22(27)10-14-2-4-18(28)11-19(14)23;/h2-5,8-9,11,22,28-29H,6-7,10,12-13H2,1H3;1H/t22-,23-,24-;/m1./s1. The maximum absolute atomic E-state index is 13.7. The molecule has 6 rings (SSSR count). The Morgan fingerprint density at radius 1 is 1.10 bits per heavy atom. The number of aromatic hydroxyl groups is 1. The first-order valence-electron chi connectivity index (χ1n) is 10.2. The van der Waals surface area contributed by atoms with Crippen molar-refractivity contribution in [1.82, 2.24) is 9.88 Å². The first-order valence-corrected chi connectivity index (χ1v) is 10.2. The second kappa shape index (κ2) is 6.39. The Morgan fingerprint density at radius 3 is 2.77 bits per heavy atom. The topological polar surface area (TPSA) is 56.6 Å². The summed E-state index contributed by atoms with van der Waals surface area (Å²) in [6, 6.07) is 12.3. The molecule has 0 unspecified atom stereocenters. The number of halogens is 2. The number of phenols is 1. The van der Waals surface area contributed by atoms with Gasteiger partial charge in [0.1, 0.15) is 11.6 Å². The minimum absolute atomic E-state index is 0. The first kappa shape index (κ1) is 19.7. The number of pyridine rings is 1. The number of benzene rings is 2. The molecule has 6 heteroatoms. The molecule has 2 bridgehead atoms. The Balaban J connectivity index is 0.00000193.